The topological polar surface area (TPSA) is 38.3 Å². The van der Waals surface area contributed by atoms with E-state index in [1.165, 1.54) is 6.42 Å². The molecule has 2 rings (SSSR count). The molecular weight excluding hydrogens is 238 g/mol. The van der Waals surface area contributed by atoms with E-state index in [1.54, 1.807) is 0 Å². The van der Waals surface area contributed by atoms with Gasteiger partial charge in [0.25, 0.3) is 0 Å². The molecule has 0 saturated heterocycles. The molecule has 2 atom stereocenters. The molecule has 1 fully saturated rings. The first kappa shape index (κ1) is 13.9. The second kappa shape index (κ2) is 6.09. The second-order valence-electron chi connectivity index (χ2n) is 5.74. The molecule has 1 aromatic carbocycles. The highest BCUT2D eigenvalue weighted by Gasteiger charge is 2.27. The molecule has 19 heavy (non-hydrogen) atoms. The van der Waals surface area contributed by atoms with E-state index in [0.29, 0.717) is 17.4 Å². The van der Waals surface area contributed by atoms with Gasteiger partial charge in [-0.05, 0) is 43.2 Å². The lowest BCUT2D eigenvalue weighted by atomic mass is 9.82. The molecule has 2 unspecified atom stereocenters. The third-order valence-corrected chi connectivity index (χ3v) is 3.83. The highest BCUT2D eigenvalue weighted by Crippen LogP contribution is 2.31. The van der Waals surface area contributed by atoms with Gasteiger partial charge in [-0.1, -0.05) is 26.0 Å². The zero-order valence-corrected chi connectivity index (χ0v) is 12.0. The number of benzene rings is 1. The molecule has 0 aliphatic heterocycles. The fraction of sp³-hybridized carbons (Fsp3) is 0.562. The van der Waals surface area contributed by atoms with Crippen LogP contribution in [0.25, 0.3) is 0 Å². The second-order valence-corrected chi connectivity index (χ2v) is 5.74. The Morgan fingerprint density at radius 3 is 2.42 bits per heavy atom. The summed E-state index contributed by atoms with van der Waals surface area (Å²) < 4.78 is 5.68. The number of ether oxygens (including phenoxy) is 1. The normalized spacial score (nSPS) is 26.8. The van der Waals surface area contributed by atoms with E-state index in [0.717, 1.165) is 18.5 Å². The van der Waals surface area contributed by atoms with Crippen LogP contribution >= 0.6 is 0 Å². The van der Waals surface area contributed by atoms with Crippen LogP contribution in [0.2, 0.25) is 0 Å². The van der Waals surface area contributed by atoms with Gasteiger partial charge in [-0.25, -0.2) is 4.79 Å². The van der Waals surface area contributed by atoms with Gasteiger partial charge in [-0.2, -0.15) is 0 Å². The average molecular weight is 261 g/mol. The van der Waals surface area contributed by atoms with Gasteiger partial charge in [0.2, 0.25) is 0 Å². The van der Waals surface area contributed by atoms with Crippen LogP contribution in [-0.4, -0.2) is 19.1 Å². The summed E-state index contributed by atoms with van der Waals surface area (Å²) in [6, 6.07) is 7.48. The van der Waals surface area contributed by atoms with Crippen molar-refractivity contribution < 1.29 is 9.53 Å². The standard InChI is InChI=1S/C16H23NO2/c1-11-8-12(2)10-13(9-11)19-16(18)14-6-4-5-7-15(14)17-3/h4-7,11-13,17H,8-10H2,1-3H3. The molecule has 0 spiro atoms. The fourth-order valence-electron chi connectivity index (χ4n) is 3.06. The molecule has 0 radical (unpaired) electrons. The van der Waals surface area contributed by atoms with Crippen LogP contribution in [-0.2, 0) is 4.74 Å². The van der Waals surface area contributed by atoms with E-state index in [9.17, 15) is 4.79 Å². The number of anilines is 1. The van der Waals surface area contributed by atoms with Gasteiger partial charge in [0.1, 0.15) is 6.10 Å². The smallest absolute Gasteiger partial charge is 0.340 e. The molecule has 1 N–H and O–H groups in total. The van der Waals surface area contributed by atoms with Crippen molar-refractivity contribution in [3.8, 4) is 0 Å². The predicted octanol–water partition coefficient (Wildman–Crippen LogP) is 3.71. The Bertz CT molecular complexity index is 434. The van der Waals surface area contributed by atoms with Gasteiger partial charge in [0, 0.05) is 12.7 Å². The summed E-state index contributed by atoms with van der Waals surface area (Å²) in [5, 5.41) is 3.03. The summed E-state index contributed by atoms with van der Waals surface area (Å²) in [4.78, 5) is 12.2. The Kier molecular flexibility index (Phi) is 4.46. The van der Waals surface area contributed by atoms with Crippen LogP contribution in [0.3, 0.4) is 0 Å². The Hall–Kier alpha value is -1.51. The molecule has 3 nitrogen and oxygen atoms in total. The van der Waals surface area contributed by atoms with E-state index < -0.39 is 0 Å². The first-order valence-corrected chi connectivity index (χ1v) is 7.08. The van der Waals surface area contributed by atoms with Crippen molar-refractivity contribution in [3.05, 3.63) is 29.8 Å². The number of nitrogens with one attached hydrogen (secondary N) is 1. The Labute approximate surface area is 115 Å². The molecule has 1 saturated carbocycles. The van der Waals surface area contributed by atoms with Crippen molar-refractivity contribution in [2.24, 2.45) is 11.8 Å². The first-order chi connectivity index (χ1) is 9.10. The summed E-state index contributed by atoms with van der Waals surface area (Å²) >= 11 is 0. The average Bonchev–Trinajstić information content (AvgIpc) is 2.37. The molecule has 1 aliphatic carbocycles. The minimum absolute atomic E-state index is 0.0659. The third-order valence-electron chi connectivity index (χ3n) is 3.83. The van der Waals surface area contributed by atoms with E-state index >= 15 is 0 Å². The Morgan fingerprint density at radius 2 is 1.79 bits per heavy atom. The quantitative estimate of drug-likeness (QED) is 0.843. The molecule has 104 valence electrons. The van der Waals surface area contributed by atoms with E-state index in [4.69, 9.17) is 4.74 Å². The molecule has 1 aliphatic rings. The van der Waals surface area contributed by atoms with Crippen molar-refractivity contribution in [3.63, 3.8) is 0 Å². The number of hydrogen-bond donors (Lipinski definition) is 1. The van der Waals surface area contributed by atoms with E-state index in [1.807, 2.05) is 31.3 Å². The maximum atomic E-state index is 12.2. The Balaban J connectivity index is 2.04. The number of esters is 1. The van der Waals surface area contributed by atoms with Crippen LogP contribution in [0.15, 0.2) is 24.3 Å². The van der Waals surface area contributed by atoms with Crippen LogP contribution in [0.1, 0.15) is 43.5 Å². The lowest BCUT2D eigenvalue weighted by Gasteiger charge is -2.31. The zero-order valence-electron chi connectivity index (χ0n) is 12.0. The Morgan fingerprint density at radius 1 is 1.16 bits per heavy atom. The summed E-state index contributed by atoms with van der Waals surface area (Å²) in [5.41, 5.74) is 1.44. The fourth-order valence-corrected chi connectivity index (χ4v) is 3.06. The minimum Gasteiger partial charge on any atom is -0.459 e. The van der Waals surface area contributed by atoms with Crippen LogP contribution < -0.4 is 5.32 Å². The predicted molar refractivity (Wildman–Crippen MR) is 77.4 cm³/mol. The van der Waals surface area contributed by atoms with Crippen LogP contribution in [0.4, 0.5) is 5.69 Å². The van der Waals surface area contributed by atoms with Crippen molar-refractivity contribution in [2.45, 2.75) is 39.2 Å². The SMILES string of the molecule is CNc1ccccc1C(=O)OC1CC(C)CC(C)C1. The third kappa shape index (κ3) is 3.49. The van der Waals surface area contributed by atoms with Crippen molar-refractivity contribution in [1.29, 1.82) is 0 Å². The molecule has 3 heteroatoms. The lowest BCUT2D eigenvalue weighted by molar-refractivity contribution is 0.00816. The zero-order chi connectivity index (χ0) is 13.8. The van der Waals surface area contributed by atoms with Gasteiger partial charge < -0.3 is 10.1 Å². The van der Waals surface area contributed by atoms with Gasteiger partial charge in [0.05, 0.1) is 5.56 Å². The van der Waals surface area contributed by atoms with Crippen LogP contribution in [0.5, 0.6) is 0 Å². The summed E-state index contributed by atoms with van der Waals surface area (Å²) in [5.74, 6) is 1.07. The maximum absolute atomic E-state index is 12.2. The maximum Gasteiger partial charge on any atom is 0.340 e. The number of hydrogen-bond acceptors (Lipinski definition) is 3. The highest BCUT2D eigenvalue weighted by atomic mass is 16.5. The molecule has 0 bridgehead atoms. The summed E-state index contributed by atoms with van der Waals surface area (Å²) in [6.07, 6.45) is 3.27. The van der Waals surface area contributed by atoms with Gasteiger partial charge >= 0.3 is 5.97 Å². The molecule has 0 amide bonds. The number of rotatable bonds is 3. The molecule has 0 heterocycles. The first-order valence-electron chi connectivity index (χ1n) is 7.08. The van der Waals surface area contributed by atoms with E-state index in [2.05, 4.69) is 19.2 Å². The lowest BCUT2D eigenvalue weighted by Crippen LogP contribution is -2.28. The summed E-state index contributed by atoms with van der Waals surface area (Å²) in [7, 11) is 1.82. The molecule has 0 aromatic heterocycles. The largest absolute Gasteiger partial charge is 0.459 e. The van der Waals surface area contributed by atoms with Crippen molar-refractivity contribution >= 4 is 11.7 Å². The van der Waals surface area contributed by atoms with Crippen molar-refractivity contribution in [2.75, 3.05) is 12.4 Å². The van der Waals surface area contributed by atoms with Gasteiger partial charge in [-0.3, -0.25) is 0 Å². The monoisotopic (exact) mass is 261 g/mol. The number of carbonyl (C=O) groups excluding carboxylic acids is 1. The van der Waals surface area contributed by atoms with Gasteiger partial charge in [-0.15, -0.1) is 0 Å². The number of carbonyl (C=O) groups is 1. The van der Waals surface area contributed by atoms with Crippen molar-refractivity contribution in [1.82, 2.24) is 0 Å². The van der Waals surface area contributed by atoms with E-state index in [-0.39, 0.29) is 12.1 Å². The highest BCUT2D eigenvalue weighted by molar-refractivity contribution is 5.95. The number of para-hydroxylation sites is 1. The molecular formula is C16H23NO2. The van der Waals surface area contributed by atoms with Gasteiger partial charge in [0.15, 0.2) is 0 Å². The molecule has 1 aromatic rings. The van der Waals surface area contributed by atoms with Crippen LogP contribution in [0, 0.1) is 11.8 Å². The summed E-state index contributed by atoms with van der Waals surface area (Å²) in [6.45, 7) is 4.47. The minimum atomic E-state index is -0.212.